The molecule has 2 aliphatic carbocycles. The molecule has 0 bridgehead atoms. The van der Waals surface area contributed by atoms with Gasteiger partial charge in [0.2, 0.25) is 0 Å². The van der Waals surface area contributed by atoms with E-state index in [4.69, 9.17) is 4.74 Å². The van der Waals surface area contributed by atoms with Crippen molar-refractivity contribution >= 4 is 0 Å². The lowest BCUT2D eigenvalue weighted by Crippen LogP contribution is -2.68. The molecular formula is C17H31NO. The molecule has 4 unspecified atom stereocenters. The first kappa shape index (κ1) is 13.9. The minimum atomic E-state index is 0.337. The number of hydrogen-bond donors (Lipinski definition) is 1. The Kier molecular flexibility index (Phi) is 3.92. The fourth-order valence-corrected chi connectivity index (χ4v) is 5.02. The van der Waals surface area contributed by atoms with Gasteiger partial charge in [-0.05, 0) is 31.6 Å². The van der Waals surface area contributed by atoms with Crippen LogP contribution >= 0.6 is 0 Å². The van der Waals surface area contributed by atoms with E-state index in [1.807, 2.05) is 0 Å². The van der Waals surface area contributed by atoms with Gasteiger partial charge in [-0.1, -0.05) is 40.0 Å². The fourth-order valence-electron chi connectivity index (χ4n) is 5.02. The summed E-state index contributed by atoms with van der Waals surface area (Å²) in [5.74, 6) is 1.71. The van der Waals surface area contributed by atoms with Crippen molar-refractivity contribution in [1.82, 2.24) is 5.32 Å². The summed E-state index contributed by atoms with van der Waals surface area (Å²) in [5.41, 5.74) is 0.337. The molecule has 0 aromatic heterocycles. The van der Waals surface area contributed by atoms with Crippen molar-refractivity contribution in [3.8, 4) is 0 Å². The fraction of sp³-hybridized carbons (Fsp3) is 1.00. The topological polar surface area (TPSA) is 21.3 Å². The van der Waals surface area contributed by atoms with E-state index in [1.165, 1.54) is 44.9 Å². The van der Waals surface area contributed by atoms with Crippen LogP contribution in [-0.2, 0) is 4.74 Å². The second-order valence-corrected chi connectivity index (χ2v) is 7.62. The zero-order valence-electron chi connectivity index (χ0n) is 13.0. The minimum Gasteiger partial charge on any atom is -0.377 e. The van der Waals surface area contributed by atoms with E-state index in [2.05, 4.69) is 26.1 Å². The third-order valence-electron chi connectivity index (χ3n) is 6.15. The van der Waals surface area contributed by atoms with Gasteiger partial charge < -0.3 is 10.1 Å². The van der Waals surface area contributed by atoms with E-state index in [1.54, 1.807) is 0 Å². The van der Waals surface area contributed by atoms with Crippen molar-refractivity contribution in [1.29, 1.82) is 0 Å². The lowest BCUT2D eigenvalue weighted by Gasteiger charge is -2.56. The van der Waals surface area contributed by atoms with Crippen molar-refractivity contribution in [3.63, 3.8) is 0 Å². The number of fused-ring (bicyclic) bond motifs is 1. The van der Waals surface area contributed by atoms with Crippen LogP contribution < -0.4 is 5.32 Å². The molecule has 110 valence electrons. The Morgan fingerprint density at radius 2 is 1.89 bits per heavy atom. The largest absolute Gasteiger partial charge is 0.377 e. The Labute approximate surface area is 118 Å². The lowest BCUT2D eigenvalue weighted by molar-refractivity contribution is -0.117. The van der Waals surface area contributed by atoms with E-state index in [0.717, 1.165) is 24.5 Å². The molecule has 3 aliphatic rings. The average molecular weight is 265 g/mol. The van der Waals surface area contributed by atoms with Crippen LogP contribution in [0.2, 0.25) is 0 Å². The molecule has 2 nitrogen and oxygen atoms in total. The van der Waals surface area contributed by atoms with Crippen LogP contribution in [0.3, 0.4) is 0 Å². The van der Waals surface area contributed by atoms with Crippen LogP contribution in [0.15, 0.2) is 0 Å². The van der Waals surface area contributed by atoms with Gasteiger partial charge in [0.05, 0.1) is 6.10 Å². The van der Waals surface area contributed by atoms with Crippen LogP contribution in [0.4, 0.5) is 0 Å². The Balaban J connectivity index is 1.62. The molecule has 1 saturated heterocycles. The summed E-state index contributed by atoms with van der Waals surface area (Å²) in [6, 6.07) is 1.43. The highest BCUT2D eigenvalue weighted by molar-refractivity contribution is 5.12. The van der Waals surface area contributed by atoms with E-state index in [-0.39, 0.29) is 0 Å². The SMILES string of the molecule is CCC(NC1C2CCOC2C1(C)C)C1CCCCC1. The van der Waals surface area contributed by atoms with Crippen molar-refractivity contribution < 1.29 is 4.74 Å². The first-order valence-electron chi connectivity index (χ1n) is 8.52. The number of ether oxygens (including phenoxy) is 1. The molecule has 0 aromatic rings. The lowest BCUT2D eigenvalue weighted by atomic mass is 9.57. The maximum atomic E-state index is 5.92. The summed E-state index contributed by atoms with van der Waals surface area (Å²) >= 11 is 0. The monoisotopic (exact) mass is 265 g/mol. The van der Waals surface area contributed by atoms with Gasteiger partial charge in [-0.15, -0.1) is 0 Å². The van der Waals surface area contributed by atoms with Gasteiger partial charge in [0.25, 0.3) is 0 Å². The van der Waals surface area contributed by atoms with Gasteiger partial charge in [-0.25, -0.2) is 0 Å². The van der Waals surface area contributed by atoms with Gasteiger partial charge in [-0.3, -0.25) is 0 Å². The number of hydrogen-bond acceptors (Lipinski definition) is 2. The van der Waals surface area contributed by atoms with E-state index >= 15 is 0 Å². The minimum absolute atomic E-state index is 0.337. The Morgan fingerprint density at radius 3 is 2.58 bits per heavy atom. The second kappa shape index (κ2) is 5.37. The molecule has 0 aromatic carbocycles. The summed E-state index contributed by atoms with van der Waals surface area (Å²) in [5, 5.41) is 4.05. The summed E-state index contributed by atoms with van der Waals surface area (Å²) < 4.78 is 5.92. The molecular weight excluding hydrogens is 234 g/mol. The van der Waals surface area contributed by atoms with E-state index in [9.17, 15) is 0 Å². The molecule has 3 rings (SSSR count). The molecule has 0 amide bonds. The Bertz CT molecular complexity index is 308. The van der Waals surface area contributed by atoms with Gasteiger partial charge in [0.15, 0.2) is 0 Å². The van der Waals surface area contributed by atoms with Crippen molar-refractivity contribution in [3.05, 3.63) is 0 Å². The van der Waals surface area contributed by atoms with Crippen LogP contribution in [0.5, 0.6) is 0 Å². The van der Waals surface area contributed by atoms with Crippen molar-refractivity contribution in [2.75, 3.05) is 6.61 Å². The van der Waals surface area contributed by atoms with Gasteiger partial charge in [0, 0.05) is 30.0 Å². The predicted octanol–water partition coefficient (Wildman–Crippen LogP) is 3.75. The second-order valence-electron chi connectivity index (χ2n) is 7.62. The summed E-state index contributed by atoms with van der Waals surface area (Å²) in [7, 11) is 0. The van der Waals surface area contributed by atoms with Crippen LogP contribution in [0.1, 0.15) is 65.7 Å². The quantitative estimate of drug-likeness (QED) is 0.836. The van der Waals surface area contributed by atoms with Crippen LogP contribution in [0.25, 0.3) is 0 Å². The zero-order chi connectivity index (χ0) is 13.5. The van der Waals surface area contributed by atoms with Crippen molar-refractivity contribution in [2.45, 2.75) is 83.9 Å². The maximum absolute atomic E-state index is 5.92. The first-order valence-corrected chi connectivity index (χ1v) is 8.52. The predicted molar refractivity (Wildman–Crippen MR) is 79.2 cm³/mol. The third kappa shape index (κ3) is 2.35. The molecule has 3 fully saturated rings. The Morgan fingerprint density at radius 1 is 1.16 bits per heavy atom. The highest BCUT2D eigenvalue weighted by Crippen LogP contribution is 2.52. The van der Waals surface area contributed by atoms with Crippen molar-refractivity contribution in [2.24, 2.45) is 17.3 Å². The number of rotatable bonds is 4. The summed E-state index contributed by atoms with van der Waals surface area (Å²) in [6.45, 7) is 8.13. The normalized spacial score (nSPS) is 39.6. The van der Waals surface area contributed by atoms with Gasteiger partial charge in [0.1, 0.15) is 0 Å². The Hall–Kier alpha value is -0.0800. The molecule has 19 heavy (non-hydrogen) atoms. The molecule has 0 spiro atoms. The van der Waals surface area contributed by atoms with Gasteiger partial charge >= 0.3 is 0 Å². The standard InChI is InChI=1S/C17H31NO/c1-4-14(12-8-6-5-7-9-12)18-15-13-10-11-19-16(13)17(15,2)3/h12-16,18H,4-11H2,1-3H3. The molecule has 1 heterocycles. The third-order valence-corrected chi connectivity index (χ3v) is 6.15. The molecule has 2 saturated carbocycles. The molecule has 2 heteroatoms. The number of nitrogens with one attached hydrogen (secondary N) is 1. The summed E-state index contributed by atoms with van der Waals surface area (Å²) in [6.07, 6.45) is 10.3. The van der Waals surface area contributed by atoms with Gasteiger partial charge in [-0.2, -0.15) is 0 Å². The summed E-state index contributed by atoms with van der Waals surface area (Å²) in [4.78, 5) is 0. The van der Waals surface area contributed by atoms with E-state index < -0.39 is 0 Å². The molecule has 1 N–H and O–H groups in total. The molecule has 4 atom stereocenters. The highest BCUT2D eigenvalue weighted by Gasteiger charge is 2.59. The molecule has 1 aliphatic heterocycles. The maximum Gasteiger partial charge on any atom is 0.0685 e. The molecule has 0 radical (unpaired) electrons. The smallest absolute Gasteiger partial charge is 0.0685 e. The average Bonchev–Trinajstić information content (AvgIpc) is 2.87. The van der Waals surface area contributed by atoms with Crippen LogP contribution in [-0.4, -0.2) is 24.8 Å². The first-order chi connectivity index (χ1) is 9.14. The van der Waals surface area contributed by atoms with E-state index in [0.29, 0.717) is 17.6 Å². The zero-order valence-corrected chi connectivity index (χ0v) is 13.0. The highest BCUT2D eigenvalue weighted by atomic mass is 16.5. The van der Waals surface area contributed by atoms with Crippen LogP contribution in [0, 0.1) is 17.3 Å².